The summed E-state index contributed by atoms with van der Waals surface area (Å²) < 4.78 is 5.16. The predicted molar refractivity (Wildman–Crippen MR) is 78.5 cm³/mol. The summed E-state index contributed by atoms with van der Waals surface area (Å²) in [5, 5.41) is 3.27. The summed E-state index contributed by atoms with van der Waals surface area (Å²) in [7, 11) is 0. The van der Waals surface area contributed by atoms with E-state index in [1.54, 1.807) is 6.20 Å². The summed E-state index contributed by atoms with van der Waals surface area (Å²) in [6.45, 7) is 6.85. The number of nitrogens with one attached hydrogen (secondary N) is 1. The fraction of sp³-hybridized carbons (Fsp3) is 0.600. The Balaban J connectivity index is 2.06. The number of carbonyl (C=O) groups is 1. The molecule has 110 valence electrons. The van der Waals surface area contributed by atoms with Crippen molar-refractivity contribution in [1.29, 1.82) is 0 Å². The second-order valence-electron chi connectivity index (χ2n) is 4.92. The average molecular weight is 277 g/mol. The second kappa shape index (κ2) is 7.24. The van der Waals surface area contributed by atoms with E-state index in [-0.39, 0.29) is 12.0 Å². The molecule has 1 aromatic heterocycles. The van der Waals surface area contributed by atoms with E-state index in [4.69, 9.17) is 4.74 Å². The number of carbonyl (C=O) groups excluding carboxylic acids is 1. The third kappa shape index (κ3) is 3.48. The van der Waals surface area contributed by atoms with E-state index in [1.165, 1.54) is 0 Å². The molecule has 0 bridgehead atoms. The number of rotatable bonds is 6. The van der Waals surface area contributed by atoms with Crippen molar-refractivity contribution < 1.29 is 9.53 Å². The first-order valence-corrected chi connectivity index (χ1v) is 7.34. The van der Waals surface area contributed by atoms with Gasteiger partial charge in [-0.05, 0) is 39.3 Å². The monoisotopic (exact) mass is 277 g/mol. The molecule has 5 nitrogen and oxygen atoms in total. The molecule has 0 spiro atoms. The number of hydrogen-bond acceptors (Lipinski definition) is 5. The predicted octanol–water partition coefficient (Wildman–Crippen LogP) is 2.04. The molecule has 2 rings (SSSR count). The second-order valence-corrected chi connectivity index (χ2v) is 4.92. The first-order valence-electron chi connectivity index (χ1n) is 7.34. The molecule has 1 aliphatic rings. The Labute approximate surface area is 120 Å². The average Bonchev–Trinajstić information content (AvgIpc) is 2.90. The lowest BCUT2D eigenvalue weighted by Crippen LogP contribution is -2.37. The van der Waals surface area contributed by atoms with Gasteiger partial charge in [-0.1, -0.05) is 6.07 Å². The Hall–Kier alpha value is -1.62. The van der Waals surface area contributed by atoms with E-state index < -0.39 is 0 Å². The van der Waals surface area contributed by atoms with Crippen LogP contribution in [0.2, 0.25) is 0 Å². The van der Waals surface area contributed by atoms with Crippen LogP contribution in [0, 0.1) is 0 Å². The van der Waals surface area contributed by atoms with E-state index in [0.717, 1.165) is 43.9 Å². The van der Waals surface area contributed by atoms with Crippen LogP contribution in [0.1, 0.15) is 32.3 Å². The molecule has 0 saturated carbocycles. The summed E-state index contributed by atoms with van der Waals surface area (Å²) in [6, 6.07) is 3.89. The first-order chi connectivity index (χ1) is 9.76. The van der Waals surface area contributed by atoms with Crippen molar-refractivity contribution in [3.05, 3.63) is 23.9 Å². The van der Waals surface area contributed by atoms with E-state index in [2.05, 4.69) is 28.2 Å². The molecule has 1 saturated heterocycles. The fourth-order valence-corrected chi connectivity index (χ4v) is 2.63. The van der Waals surface area contributed by atoms with Crippen LogP contribution in [0.15, 0.2) is 18.3 Å². The van der Waals surface area contributed by atoms with E-state index in [9.17, 15) is 4.79 Å². The Morgan fingerprint density at radius 2 is 2.40 bits per heavy atom. The number of aromatic nitrogens is 1. The summed E-state index contributed by atoms with van der Waals surface area (Å²) in [6.07, 6.45) is 3.71. The van der Waals surface area contributed by atoms with Gasteiger partial charge >= 0.3 is 5.97 Å². The van der Waals surface area contributed by atoms with Crippen molar-refractivity contribution in [3.8, 4) is 0 Å². The largest absolute Gasteiger partial charge is 0.465 e. The van der Waals surface area contributed by atoms with Crippen LogP contribution in [-0.4, -0.2) is 41.6 Å². The van der Waals surface area contributed by atoms with Crippen LogP contribution in [0.3, 0.4) is 0 Å². The Kier molecular flexibility index (Phi) is 5.35. The van der Waals surface area contributed by atoms with Gasteiger partial charge in [0, 0.05) is 24.8 Å². The van der Waals surface area contributed by atoms with Gasteiger partial charge in [-0.3, -0.25) is 9.69 Å². The molecule has 0 aliphatic carbocycles. The highest BCUT2D eigenvalue weighted by molar-refractivity contribution is 5.76. The van der Waals surface area contributed by atoms with Crippen LogP contribution < -0.4 is 5.32 Å². The minimum atomic E-state index is -0.107. The molecule has 0 aromatic carbocycles. The molecule has 1 atom stereocenters. The third-order valence-electron chi connectivity index (χ3n) is 3.53. The molecule has 1 unspecified atom stereocenters. The minimum Gasteiger partial charge on any atom is -0.465 e. The van der Waals surface area contributed by atoms with Crippen LogP contribution in [-0.2, 0) is 16.1 Å². The van der Waals surface area contributed by atoms with E-state index in [0.29, 0.717) is 6.61 Å². The van der Waals surface area contributed by atoms with Gasteiger partial charge in [-0.2, -0.15) is 0 Å². The van der Waals surface area contributed by atoms with Crippen molar-refractivity contribution in [1.82, 2.24) is 9.88 Å². The smallest absolute Gasteiger partial charge is 0.323 e. The third-order valence-corrected chi connectivity index (χ3v) is 3.53. The molecule has 1 N–H and O–H groups in total. The fourth-order valence-electron chi connectivity index (χ4n) is 2.63. The highest BCUT2D eigenvalue weighted by Crippen LogP contribution is 2.23. The zero-order valence-corrected chi connectivity index (χ0v) is 12.3. The summed E-state index contributed by atoms with van der Waals surface area (Å²) in [4.78, 5) is 18.5. The molecule has 20 heavy (non-hydrogen) atoms. The van der Waals surface area contributed by atoms with Gasteiger partial charge in [-0.25, -0.2) is 4.98 Å². The highest BCUT2D eigenvalue weighted by atomic mass is 16.5. The molecular weight excluding hydrogens is 254 g/mol. The quantitative estimate of drug-likeness (QED) is 0.806. The number of esters is 1. The van der Waals surface area contributed by atoms with Crippen molar-refractivity contribution in [2.24, 2.45) is 0 Å². The van der Waals surface area contributed by atoms with E-state index >= 15 is 0 Å². The maximum absolute atomic E-state index is 12.0. The molecule has 5 heteroatoms. The number of pyridine rings is 1. The van der Waals surface area contributed by atoms with Gasteiger partial charge in [0.05, 0.1) is 6.61 Å². The molecule has 1 aliphatic heterocycles. The SMILES string of the molecule is CCNc1ncccc1CN1CCCC1C(=O)OCC. The molecule has 2 heterocycles. The number of ether oxygens (including phenoxy) is 1. The minimum absolute atomic E-state index is 0.0982. The molecule has 1 fully saturated rings. The zero-order valence-electron chi connectivity index (χ0n) is 12.3. The summed E-state index contributed by atoms with van der Waals surface area (Å²) in [5.41, 5.74) is 1.13. The zero-order chi connectivity index (χ0) is 14.4. The normalized spacial score (nSPS) is 19.0. The van der Waals surface area contributed by atoms with Gasteiger partial charge in [0.25, 0.3) is 0 Å². The van der Waals surface area contributed by atoms with Gasteiger partial charge in [0.15, 0.2) is 0 Å². The van der Waals surface area contributed by atoms with Crippen LogP contribution in [0.4, 0.5) is 5.82 Å². The summed E-state index contributed by atoms with van der Waals surface area (Å²) >= 11 is 0. The number of hydrogen-bond donors (Lipinski definition) is 1. The van der Waals surface area contributed by atoms with Crippen molar-refractivity contribution in [2.75, 3.05) is 25.0 Å². The van der Waals surface area contributed by atoms with E-state index in [1.807, 2.05) is 13.0 Å². The van der Waals surface area contributed by atoms with Crippen molar-refractivity contribution >= 4 is 11.8 Å². The molecule has 1 aromatic rings. The Morgan fingerprint density at radius 1 is 1.55 bits per heavy atom. The molecule has 0 radical (unpaired) electrons. The number of anilines is 1. The standard InChI is InChI=1S/C15H23N3O2/c1-3-16-14-12(7-5-9-17-14)11-18-10-6-8-13(18)15(19)20-4-2/h5,7,9,13H,3-4,6,8,10-11H2,1-2H3,(H,16,17). The Morgan fingerprint density at radius 3 is 3.15 bits per heavy atom. The maximum atomic E-state index is 12.0. The maximum Gasteiger partial charge on any atom is 0.323 e. The first kappa shape index (κ1) is 14.8. The molecule has 0 amide bonds. The lowest BCUT2D eigenvalue weighted by atomic mass is 10.2. The van der Waals surface area contributed by atoms with Gasteiger partial charge in [0.2, 0.25) is 0 Å². The van der Waals surface area contributed by atoms with Gasteiger partial charge in [-0.15, -0.1) is 0 Å². The lowest BCUT2D eigenvalue weighted by molar-refractivity contribution is -0.148. The Bertz CT molecular complexity index is 450. The van der Waals surface area contributed by atoms with Crippen LogP contribution >= 0.6 is 0 Å². The van der Waals surface area contributed by atoms with Crippen LogP contribution in [0.25, 0.3) is 0 Å². The summed E-state index contributed by atoms with van der Waals surface area (Å²) in [5.74, 6) is 0.809. The van der Waals surface area contributed by atoms with Gasteiger partial charge < -0.3 is 10.1 Å². The highest BCUT2D eigenvalue weighted by Gasteiger charge is 2.32. The molecular formula is C15H23N3O2. The van der Waals surface area contributed by atoms with Crippen molar-refractivity contribution in [3.63, 3.8) is 0 Å². The number of likely N-dealkylation sites (tertiary alicyclic amines) is 1. The van der Waals surface area contributed by atoms with Gasteiger partial charge in [0.1, 0.15) is 11.9 Å². The van der Waals surface area contributed by atoms with Crippen molar-refractivity contribution in [2.45, 2.75) is 39.3 Å². The lowest BCUT2D eigenvalue weighted by Gasteiger charge is -2.23. The van der Waals surface area contributed by atoms with Crippen LogP contribution in [0.5, 0.6) is 0 Å². The topological polar surface area (TPSA) is 54.5 Å². The number of nitrogens with zero attached hydrogens (tertiary/aromatic N) is 2.